The topological polar surface area (TPSA) is 114 Å². The van der Waals surface area contributed by atoms with E-state index in [1.165, 1.54) is 18.2 Å². The second kappa shape index (κ2) is 11.6. The molecule has 0 fully saturated rings. The number of anilines is 1. The Kier molecular flexibility index (Phi) is 8.37. The molecule has 1 amide bonds. The van der Waals surface area contributed by atoms with E-state index in [0.29, 0.717) is 39.4 Å². The molecule has 0 aliphatic rings. The predicted molar refractivity (Wildman–Crippen MR) is 131 cm³/mol. The van der Waals surface area contributed by atoms with Crippen LogP contribution in [0.25, 0.3) is 6.08 Å². The Morgan fingerprint density at radius 2 is 1.91 bits per heavy atom. The van der Waals surface area contributed by atoms with E-state index in [4.69, 9.17) is 9.47 Å². The minimum Gasteiger partial charge on any atom is -0.490 e. The molecule has 0 atom stereocenters. The summed E-state index contributed by atoms with van der Waals surface area (Å²) in [5, 5.41) is 23.2. The number of halogens is 1. The summed E-state index contributed by atoms with van der Waals surface area (Å²) >= 11 is 3.46. The van der Waals surface area contributed by atoms with Gasteiger partial charge in [-0.2, -0.15) is 5.26 Å². The lowest BCUT2D eigenvalue weighted by Gasteiger charge is -2.15. The summed E-state index contributed by atoms with van der Waals surface area (Å²) < 4.78 is 12.1. The number of carbonyl (C=O) groups excluding carboxylic acids is 1. The summed E-state index contributed by atoms with van der Waals surface area (Å²) in [4.78, 5) is 23.1. The third-order valence-corrected chi connectivity index (χ3v) is 5.13. The molecule has 3 rings (SSSR count). The van der Waals surface area contributed by atoms with E-state index in [2.05, 4.69) is 21.2 Å². The molecule has 8 nitrogen and oxygen atoms in total. The molecule has 0 aromatic heterocycles. The number of nitrogens with zero attached hydrogens (tertiary/aromatic N) is 2. The van der Waals surface area contributed by atoms with E-state index >= 15 is 0 Å². The normalized spacial score (nSPS) is 10.8. The van der Waals surface area contributed by atoms with Crippen molar-refractivity contribution >= 4 is 39.3 Å². The van der Waals surface area contributed by atoms with Crippen molar-refractivity contribution < 1.29 is 19.2 Å². The first-order chi connectivity index (χ1) is 16.4. The molecule has 9 heteroatoms. The zero-order chi connectivity index (χ0) is 24.5. The van der Waals surface area contributed by atoms with Crippen LogP contribution < -0.4 is 14.8 Å². The van der Waals surface area contributed by atoms with Gasteiger partial charge in [0.25, 0.3) is 11.6 Å². The molecule has 0 aliphatic heterocycles. The second-order valence-electron chi connectivity index (χ2n) is 6.97. The van der Waals surface area contributed by atoms with Crippen molar-refractivity contribution in [3.05, 3.63) is 98.0 Å². The number of non-ortho nitro benzene ring substituents is 1. The number of amides is 1. The average Bonchev–Trinajstić information content (AvgIpc) is 2.83. The highest BCUT2D eigenvalue weighted by atomic mass is 79.9. The van der Waals surface area contributed by atoms with Gasteiger partial charge >= 0.3 is 0 Å². The fourth-order valence-electron chi connectivity index (χ4n) is 3.02. The van der Waals surface area contributed by atoms with Crippen LogP contribution in [0.4, 0.5) is 11.4 Å². The summed E-state index contributed by atoms with van der Waals surface area (Å²) in [5.41, 5.74) is 1.65. The molecule has 0 heterocycles. The molecule has 0 bridgehead atoms. The van der Waals surface area contributed by atoms with Gasteiger partial charge in [-0.15, -0.1) is 0 Å². The molecule has 3 aromatic carbocycles. The molecule has 0 aliphatic carbocycles. The molecule has 0 radical (unpaired) electrons. The molecule has 1 N–H and O–H groups in total. The van der Waals surface area contributed by atoms with E-state index in [-0.39, 0.29) is 17.9 Å². The lowest BCUT2D eigenvalue weighted by atomic mass is 10.1. The van der Waals surface area contributed by atoms with Crippen molar-refractivity contribution in [1.29, 1.82) is 5.26 Å². The summed E-state index contributed by atoms with van der Waals surface area (Å²) in [7, 11) is 0. The van der Waals surface area contributed by atoms with Gasteiger partial charge in [-0.1, -0.05) is 30.3 Å². The Labute approximate surface area is 204 Å². The number of hydrogen-bond donors (Lipinski definition) is 1. The molecular formula is C25H20BrN3O5. The lowest BCUT2D eigenvalue weighted by Crippen LogP contribution is -2.13. The van der Waals surface area contributed by atoms with Crippen molar-refractivity contribution in [1.82, 2.24) is 0 Å². The first-order valence-electron chi connectivity index (χ1n) is 10.2. The number of ether oxygens (including phenoxy) is 2. The zero-order valence-electron chi connectivity index (χ0n) is 18.2. The van der Waals surface area contributed by atoms with Gasteiger partial charge in [-0.3, -0.25) is 14.9 Å². The van der Waals surface area contributed by atoms with Gasteiger partial charge in [0.2, 0.25) is 0 Å². The number of para-hydroxylation sites is 1. The van der Waals surface area contributed by atoms with Gasteiger partial charge < -0.3 is 14.8 Å². The number of benzene rings is 3. The Morgan fingerprint density at radius 1 is 1.15 bits per heavy atom. The van der Waals surface area contributed by atoms with E-state index in [1.54, 1.807) is 48.5 Å². The fourth-order valence-corrected chi connectivity index (χ4v) is 3.60. The van der Waals surface area contributed by atoms with Gasteiger partial charge in [-0.05, 0) is 64.3 Å². The van der Waals surface area contributed by atoms with E-state index in [0.717, 1.165) is 0 Å². The quantitative estimate of drug-likeness (QED) is 0.162. The minimum atomic E-state index is -0.534. The van der Waals surface area contributed by atoms with Crippen molar-refractivity contribution in [2.45, 2.75) is 13.5 Å². The fraction of sp³-hybridized carbons (Fsp3) is 0.120. The first kappa shape index (κ1) is 24.5. The third kappa shape index (κ3) is 6.43. The molecular weight excluding hydrogens is 502 g/mol. The van der Waals surface area contributed by atoms with Gasteiger partial charge in [0.05, 0.1) is 16.0 Å². The SMILES string of the molecule is CCOc1cc(/C=C(\C#N)C(=O)Nc2ccccc2)cc(Br)c1OCc1cccc([N+](=O)[O-])c1. The highest BCUT2D eigenvalue weighted by molar-refractivity contribution is 9.10. The summed E-state index contributed by atoms with van der Waals surface area (Å²) in [6, 6.07) is 20.3. The number of nitro groups is 1. The lowest BCUT2D eigenvalue weighted by molar-refractivity contribution is -0.384. The van der Waals surface area contributed by atoms with E-state index in [1.807, 2.05) is 19.1 Å². The van der Waals surface area contributed by atoms with Crippen LogP contribution in [0.1, 0.15) is 18.1 Å². The average molecular weight is 522 g/mol. The largest absolute Gasteiger partial charge is 0.490 e. The number of hydrogen-bond acceptors (Lipinski definition) is 6. The van der Waals surface area contributed by atoms with Crippen LogP contribution in [0.15, 0.2) is 76.8 Å². The van der Waals surface area contributed by atoms with Crippen LogP contribution in [0, 0.1) is 21.4 Å². The molecule has 34 heavy (non-hydrogen) atoms. The maximum atomic E-state index is 12.5. The number of nitro benzene ring substituents is 1. The summed E-state index contributed by atoms with van der Waals surface area (Å²) in [6.45, 7) is 2.25. The first-order valence-corrected chi connectivity index (χ1v) is 11.0. The Balaban J connectivity index is 1.84. The van der Waals surface area contributed by atoms with Crippen LogP contribution in [-0.2, 0) is 11.4 Å². The monoisotopic (exact) mass is 521 g/mol. The molecule has 0 saturated heterocycles. The number of rotatable bonds is 9. The Bertz CT molecular complexity index is 1270. The Morgan fingerprint density at radius 3 is 2.59 bits per heavy atom. The van der Waals surface area contributed by atoms with Crippen molar-refractivity contribution in [3.8, 4) is 17.6 Å². The van der Waals surface area contributed by atoms with Gasteiger partial charge in [0, 0.05) is 17.8 Å². The second-order valence-corrected chi connectivity index (χ2v) is 7.82. The summed E-state index contributed by atoms with van der Waals surface area (Å²) in [5.74, 6) is 0.265. The molecule has 0 unspecified atom stereocenters. The standard InChI is InChI=1S/C25H20BrN3O5/c1-2-33-23-14-18(11-19(15-27)25(30)28-20-8-4-3-5-9-20)13-22(26)24(23)34-16-17-7-6-10-21(12-17)29(31)32/h3-14H,2,16H2,1H3,(H,28,30)/b19-11+. The highest BCUT2D eigenvalue weighted by Gasteiger charge is 2.15. The van der Waals surface area contributed by atoms with Gasteiger partial charge in [-0.25, -0.2) is 0 Å². The van der Waals surface area contributed by atoms with Gasteiger partial charge in [0.1, 0.15) is 18.2 Å². The zero-order valence-corrected chi connectivity index (χ0v) is 19.7. The molecule has 3 aromatic rings. The van der Waals surface area contributed by atoms with Crippen molar-refractivity contribution in [2.24, 2.45) is 0 Å². The molecule has 172 valence electrons. The maximum absolute atomic E-state index is 12.5. The number of carbonyl (C=O) groups is 1. The summed E-state index contributed by atoms with van der Waals surface area (Å²) in [6.07, 6.45) is 1.45. The van der Waals surface area contributed by atoms with E-state index in [9.17, 15) is 20.2 Å². The maximum Gasteiger partial charge on any atom is 0.269 e. The molecule has 0 spiro atoms. The predicted octanol–water partition coefficient (Wildman–Crippen LogP) is 5.88. The van der Waals surface area contributed by atoms with E-state index < -0.39 is 10.8 Å². The van der Waals surface area contributed by atoms with Crippen molar-refractivity contribution in [2.75, 3.05) is 11.9 Å². The van der Waals surface area contributed by atoms with Crippen LogP contribution in [-0.4, -0.2) is 17.4 Å². The van der Waals surface area contributed by atoms with Crippen LogP contribution in [0.5, 0.6) is 11.5 Å². The van der Waals surface area contributed by atoms with Crippen LogP contribution in [0.3, 0.4) is 0 Å². The van der Waals surface area contributed by atoms with Crippen molar-refractivity contribution in [3.63, 3.8) is 0 Å². The van der Waals surface area contributed by atoms with Gasteiger partial charge in [0.15, 0.2) is 11.5 Å². The van der Waals surface area contributed by atoms with Crippen LogP contribution in [0.2, 0.25) is 0 Å². The highest BCUT2D eigenvalue weighted by Crippen LogP contribution is 2.38. The molecule has 0 saturated carbocycles. The number of nitriles is 1. The third-order valence-electron chi connectivity index (χ3n) is 4.54. The Hall–Kier alpha value is -4.16. The number of nitrogens with one attached hydrogen (secondary N) is 1. The van der Waals surface area contributed by atoms with Crippen LogP contribution >= 0.6 is 15.9 Å². The smallest absolute Gasteiger partial charge is 0.269 e. The minimum absolute atomic E-state index is 0.0245.